The number of nitrogens with one attached hydrogen (secondary N) is 2. The van der Waals surface area contributed by atoms with Crippen LogP contribution in [0.3, 0.4) is 0 Å². The van der Waals surface area contributed by atoms with E-state index >= 15 is 0 Å². The van der Waals surface area contributed by atoms with Crippen LogP contribution in [0.1, 0.15) is 49.9 Å². The molecule has 1 aliphatic carbocycles. The number of benzene rings is 1. The van der Waals surface area contributed by atoms with Crippen LogP contribution in [-0.2, 0) is 4.79 Å². The minimum atomic E-state index is -1.29. The molecule has 0 atom stereocenters. The molecule has 1 aromatic carbocycles. The molecule has 2 rings (SSSR count). The molecule has 2 amide bonds. The summed E-state index contributed by atoms with van der Waals surface area (Å²) in [5, 5.41) is 16.0. The van der Waals surface area contributed by atoms with E-state index in [0.29, 0.717) is 36.6 Å². The highest BCUT2D eigenvalue weighted by Crippen LogP contribution is 2.31. The van der Waals surface area contributed by atoms with Gasteiger partial charge in [0.1, 0.15) is 5.60 Å². The topological polar surface area (TPSA) is 78.4 Å². The lowest BCUT2D eigenvalue weighted by molar-refractivity contribution is -0.133. The second-order valence-corrected chi connectivity index (χ2v) is 6.90. The van der Waals surface area contributed by atoms with Gasteiger partial charge < -0.3 is 15.7 Å². The molecule has 1 fully saturated rings. The maximum absolute atomic E-state index is 12.2. The molecule has 6 heteroatoms. The Labute approximate surface area is 141 Å². The molecule has 1 saturated carbocycles. The first-order chi connectivity index (χ1) is 10.8. The third-order valence-electron chi connectivity index (χ3n) is 4.00. The molecule has 3 N–H and O–H groups in total. The average molecular weight is 339 g/mol. The summed E-state index contributed by atoms with van der Waals surface area (Å²) in [5.74, 6) is -0.303. The number of aliphatic hydroxyl groups is 1. The average Bonchev–Trinajstić information content (AvgIpc) is 2.93. The van der Waals surface area contributed by atoms with Crippen molar-refractivity contribution in [2.24, 2.45) is 5.92 Å². The van der Waals surface area contributed by atoms with Crippen molar-refractivity contribution in [2.45, 2.75) is 45.1 Å². The molecular formula is C17H23ClN2O3. The van der Waals surface area contributed by atoms with Crippen molar-refractivity contribution in [3.63, 3.8) is 0 Å². The Morgan fingerprint density at radius 2 is 1.96 bits per heavy atom. The van der Waals surface area contributed by atoms with E-state index < -0.39 is 11.5 Å². The fourth-order valence-corrected chi connectivity index (χ4v) is 2.87. The van der Waals surface area contributed by atoms with Crippen molar-refractivity contribution in [3.8, 4) is 0 Å². The number of halogens is 1. The molecule has 1 aliphatic rings. The van der Waals surface area contributed by atoms with Gasteiger partial charge in [0.05, 0.1) is 10.6 Å². The number of hydrogen-bond acceptors (Lipinski definition) is 3. The molecule has 0 aliphatic heterocycles. The zero-order valence-corrected chi connectivity index (χ0v) is 14.2. The number of hydrogen-bond donors (Lipinski definition) is 3. The molecule has 1 aromatic rings. The minimum Gasteiger partial charge on any atom is -0.380 e. The molecule has 0 bridgehead atoms. The zero-order valence-electron chi connectivity index (χ0n) is 13.5. The van der Waals surface area contributed by atoms with E-state index in [9.17, 15) is 14.7 Å². The van der Waals surface area contributed by atoms with Gasteiger partial charge in [-0.1, -0.05) is 25.4 Å². The Morgan fingerprint density at radius 3 is 2.52 bits per heavy atom. The standard InChI is InChI=1S/C17H23ClN2O3/c1-11(2)10-19-15(21)13-6-5-12(9-14(13)18)20-16(22)17(23)7-3-4-8-17/h5-6,9,11,23H,3-4,7-8,10H2,1-2H3,(H,19,21)(H,20,22). The van der Waals surface area contributed by atoms with Crippen LogP contribution < -0.4 is 10.6 Å². The van der Waals surface area contributed by atoms with Gasteiger partial charge in [-0.25, -0.2) is 0 Å². The maximum atomic E-state index is 12.2. The second-order valence-electron chi connectivity index (χ2n) is 6.49. The fraction of sp³-hybridized carbons (Fsp3) is 0.529. The Kier molecular flexibility index (Phi) is 5.65. The Hall–Kier alpha value is -1.59. The minimum absolute atomic E-state index is 0.240. The third kappa shape index (κ3) is 4.45. The lowest BCUT2D eigenvalue weighted by atomic mass is 10.0. The normalized spacial score (nSPS) is 16.4. The van der Waals surface area contributed by atoms with Gasteiger partial charge in [0.25, 0.3) is 11.8 Å². The molecule has 5 nitrogen and oxygen atoms in total. The largest absolute Gasteiger partial charge is 0.380 e. The summed E-state index contributed by atoms with van der Waals surface area (Å²) in [6.45, 7) is 4.59. The first-order valence-corrected chi connectivity index (χ1v) is 8.31. The maximum Gasteiger partial charge on any atom is 0.256 e. The van der Waals surface area contributed by atoms with E-state index in [0.717, 1.165) is 12.8 Å². The molecular weight excluding hydrogens is 316 g/mol. The van der Waals surface area contributed by atoms with Crippen LogP contribution in [0.2, 0.25) is 5.02 Å². The van der Waals surface area contributed by atoms with E-state index in [-0.39, 0.29) is 10.9 Å². The number of amides is 2. The monoisotopic (exact) mass is 338 g/mol. The zero-order chi connectivity index (χ0) is 17.0. The van der Waals surface area contributed by atoms with Gasteiger partial charge in [-0.3, -0.25) is 9.59 Å². The molecule has 126 valence electrons. The molecule has 0 heterocycles. The second kappa shape index (κ2) is 7.32. The van der Waals surface area contributed by atoms with Crippen LogP contribution in [0.5, 0.6) is 0 Å². The van der Waals surface area contributed by atoms with Gasteiger partial charge in [-0.15, -0.1) is 0 Å². The van der Waals surface area contributed by atoms with E-state index in [1.807, 2.05) is 13.8 Å². The lowest BCUT2D eigenvalue weighted by Crippen LogP contribution is -2.40. The summed E-state index contributed by atoms with van der Waals surface area (Å²) >= 11 is 6.14. The molecule has 23 heavy (non-hydrogen) atoms. The van der Waals surface area contributed by atoms with Crippen LogP contribution in [-0.4, -0.2) is 29.1 Å². The highest BCUT2D eigenvalue weighted by Gasteiger charge is 2.38. The fourth-order valence-electron chi connectivity index (χ4n) is 2.60. The summed E-state index contributed by atoms with van der Waals surface area (Å²) in [6, 6.07) is 4.72. The van der Waals surface area contributed by atoms with Gasteiger partial charge in [0.15, 0.2) is 0 Å². The molecule has 0 spiro atoms. The molecule has 0 unspecified atom stereocenters. The summed E-state index contributed by atoms with van der Waals surface area (Å²) < 4.78 is 0. The first kappa shape index (κ1) is 17.8. The van der Waals surface area contributed by atoms with Crippen LogP contribution in [0, 0.1) is 5.92 Å². The van der Waals surface area contributed by atoms with Crippen molar-refractivity contribution in [1.82, 2.24) is 5.32 Å². The van der Waals surface area contributed by atoms with Crippen LogP contribution in [0.15, 0.2) is 18.2 Å². The summed E-state index contributed by atoms with van der Waals surface area (Å²) in [4.78, 5) is 24.2. The van der Waals surface area contributed by atoms with Crippen molar-refractivity contribution in [1.29, 1.82) is 0 Å². The summed E-state index contributed by atoms with van der Waals surface area (Å²) in [5.41, 5.74) is -0.453. The molecule has 0 radical (unpaired) electrons. The number of carbonyl (C=O) groups excluding carboxylic acids is 2. The Morgan fingerprint density at radius 1 is 1.30 bits per heavy atom. The third-order valence-corrected chi connectivity index (χ3v) is 4.31. The van der Waals surface area contributed by atoms with Crippen LogP contribution in [0.25, 0.3) is 0 Å². The van der Waals surface area contributed by atoms with E-state index in [1.54, 1.807) is 12.1 Å². The number of rotatable bonds is 5. The quantitative estimate of drug-likeness (QED) is 0.772. The Balaban J connectivity index is 2.04. The smallest absolute Gasteiger partial charge is 0.256 e. The SMILES string of the molecule is CC(C)CNC(=O)c1ccc(NC(=O)C2(O)CCCC2)cc1Cl. The molecule has 0 saturated heterocycles. The summed E-state index contributed by atoms with van der Waals surface area (Å²) in [7, 11) is 0. The summed E-state index contributed by atoms with van der Waals surface area (Å²) in [6.07, 6.45) is 2.64. The van der Waals surface area contributed by atoms with Gasteiger partial charge >= 0.3 is 0 Å². The predicted octanol–water partition coefficient (Wildman–Crippen LogP) is 2.97. The van der Waals surface area contributed by atoms with Gasteiger partial charge in [-0.2, -0.15) is 0 Å². The lowest BCUT2D eigenvalue weighted by Gasteiger charge is -2.21. The predicted molar refractivity (Wildman–Crippen MR) is 90.7 cm³/mol. The van der Waals surface area contributed by atoms with Gasteiger partial charge in [-0.05, 0) is 49.8 Å². The van der Waals surface area contributed by atoms with Crippen molar-refractivity contribution in [3.05, 3.63) is 28.8 Å². The first-order valence-electron chi connectivity index (χ1n) is 7.93. The highest BCUT2D eigenvalue weighted by atomic mass is 35.5. The van der Waals surface area contributed by atoms with E-state index in [2.05, 4.69) is 10.6 Å². The van der Waals surface area contributed by atoms with Crippen LogP contribution in [0.4, 0.5) is 5.69 Å². The molecule has 0 aromatic heterocycles. The van der Waals surface area contributed by atoms with E-state index in [4.69, 9.17) is 11.6 Å². The van der Waals surface area contributed by atoms with Gasteiger partial charge in [0, 0.05) is 12.2 Å². The van der Waals surface area contributed by atoms with Gasteiger partial charge in [0.2, 0.25) is 0 Å². The van der Waals surface area contributed by atoms with E-state index in [1.165, 1.54) is 6.07 Å². The van der Waals surface area contributed by atoms with Crippen molar-refractivity contribution < 1.29 is 14.7 Å². The van der Waals surface area contributed by atoms with Crippen molar-refractivity contribution >= 4 is 29.1 Å². The Bertz CT molecular complexity index is 596. The van der Waals surface area contributed by atoms with Crippen molar-refractivity contribution in [2.75, 3.05) is 11.9 Å². The van der Waals surface area contributed by atoms with Crippen LogP contribution >= 0.6 is 11.6 Å². The highest BCUT2D eigenvalue weighted by molar-refractivity contribution is 6.34. The number of anilines is 1. The number of carbonyl (C=O) groups is 2.